The van der Waals surface area contributed by atoms with Gasteiger partial charge >= 0.3 is 5.69 Å². The van der Waals surface area contributed by atoms with E-state index in [-0.39, 0.29) is 23.0 Å². The largest absolute Gasteiger partial charge is 0.383 e. The second-order valence-corrected chi connectivity index (χ2v) is 5.19. The summed E-state index contributed by atoms with van der Waals surface area (Å²) < 4.78 is 2.56. The van der Waals surface area contributed by atoms with Gasteiger partial charge in [-0.3, -0.25) is 13.9 Å². The predicted octanol–water partition coefficient (Wildman–Crippen LogP) is 0.997. The summed E-state index contributed by atoms with van der Waals surface area (Å²) in [7, 11) is 1.48. The SMILES string of the molecule is CCCCNc1c(N)n(CC(C)C)c(=O)n(C)c1=O. The number of nitrogen functional groups attached to an aromatic ring is 1. The molecule has 19 heavy (non-hydrogen) atoms. The van der Waals surface area contributed by atoms with E-state index in [4.69, 9.17) is 5.73 Å². The molecule has 0 aliphatic carbocycles. The number of hydrogen-bond acceptors (Lipinski definition) is 4. The summed E-state index contributed by atoms with van der Waals surface area (Å²) in [6, 6.07) is 0. The van der Waals surface area contributed by atoms with Crippen molar-refractivity contribution in [3.05, 3.63) is 20.8 Å². The van der Waals surface area contributed by atoms with Crippen LogP contribution in [0.2, 0.25) is 0 Å². The van der Waals surface area contributed by atoms with Crippen LogP contribution < -0.4 is 22.3 Å². The first-order chi connectivity index (χ1) is 8.90. The highest BCUT2D eigenvalue weighted by Crippen LogP contribution is 2.12. The Bertz CT molecular complexity index is 543. The Kier molecular flexibility index (Phi) is 5.20. The molecule has 0 saturated carbocycles. The lowest BCUT2D eigenvalue weighted by atomic mass is 10.2. The summed E-state index contributed by atoms with van der Waals surface area (Å²) in [5.41, 5.74) is 5.58. The molecule has 0 aliphatic rings. The molecule has 0 radical (unpaired) electrons. The van der Waals surface area contributed by atoms with E-state index in [0.29, 0.717) is 18.8 Å². The fourth-order valence-electron chi connectivity index (χ4n) is 1.88. The van der Waals surface area contributed by atoms with Gasteiger partial charge in [-0.15, -0.1) is 0 Å². The number of rotatable bonds is 6. The van der Waals surface area contributed by atoms with Crippen molar-refractivity contribution in [2.75, 3.05) is 17.6 Å². The molecule has 0 atom stereocenters. The summed E-state index contributed by atoms with van der Waals surface area (Å²) in [5.74, 6) is 0.513. The van der Waals surface area contributed by atoms with Gasteiger partial charge in [0.2, 0.25) is 0 Å². The fraction of sp³-hybridized carbons (Fsp3) is 0.692. The molecule has 3 N–H and O–H groups in total. The molecule has 1 aromatic heterocycles. The van der Waals surface area contributed by atoms with E-state index in [1.165, 1.54) is 11.6 Å². The average Bonchev–Trinajstić information content (AvgIpc) is 2.36. The van der Waals surface area contributed by atoms with Gasteiger partial charge in [0.1, 0.15) is 11.5 Å². The molecular weight excluding hydrogens is 244 g/mol. The number of nitrogens with one attached hydrogen (secondary N) is 1. The highest BCUT2D eigenvalue weighted by molar-refractivity contribution is 5.60. The predicted molar refractivity (Wildman–Crippen MR) is 78.6 cm³/mol. The van der Waals surface area contributed by atoms with Crippen molar-refractivity contribution in [3.8, 4) is 0 Å². The van der Waals surface area contributed by atoms with Crippen LogP contribution in [0, 0.1) is 5.92 Å². The van der Waals surface area contributed by atoms with Gasteiger partial charge in [0.05, 0.1) is 0 Å². The van der Waals surface area contributed by atoms with E-state index in [1.54, 1.807) is 0 Å². The van der Waals surface area contributed by atoms with Gasteiger partial charge in [0.15, 0.2) is 0 Å². The van der Waals surface area contributed by atoms with Gasteiger partial charge in [0, 0.05) is 20.1 Å². The first kappa shape index (κ1) is 15.3. The van der Waals surface area contributed by atoms with Crippen molar-refractivity contribution in [2.24, 2.45) is 13.0 Å². The molecule has 0 amide bonds. The maximum Gasteiger partial charge on any atom is 0.332 e. The summed E-state index contributed by atoms with van der Waals surface area (Å²) in [4.78, 5) is 24.1. The Labute approximate surface area is 113 Å². The Morgan fingerprint density at radius 1 is 1.32 bits per heavy atom. The summed E-state index contributed by atoms with van der Waals surface area (Å²) in [6.45, 7) is 7.25. The summed E-state index contributed by atoms with van der Waals surface area (Å²) in [6.07, 6.45) is 1.98. The molecule has 1 heterocycles. The third kappa shape index (κ3) is 3.39. The molecule has 0 aliphatic heterocycles. The van der Waals surface area contributed by atoms with Crippen LogP contribution in [0.1, 0.15) is 33.6 Å². The van der Waals surface area contributed by atoms with E-state index in [1.807, 2.05) is 13.8 Å². The standard InChI is InChI=1S/C13H24N4O2/c1-5-6-7-15-10-11(14)17(8-9(2)3)13(19)16(4)12(10)18/h9,15H,5-8,14H2,1-4H3. The van der Waals surface area contributed by atoms with Gasteiger partial charge in [-0.1, -0.05) is 27.2 Å². The highest BCUT2D eigenvalue weighted by atomic mass is 16.2. The molecule has 108 valence electrons. The van der Waals surface area contributed by atoms with Crippen LogP contribution in [0.5, 0.6) is 0 Å². The minimum atomic E-state index is -0.364. The number of hydrogen-bond donors (Lipinski definition) is 2. The Morgan fingerprint density at radius 2 is 1.95 bits per heavy atom. The first-order valence-electron chi connectivity index (χ1n) is 6.73. The zero-order valence-corrected chi connectivity index (χ0v) is 12.2. The third-order valence-electron chi connectivity index (χ3n) is 2.96. The van der Waals surface area contributed by atoms with Crippen LogP contribution in [0.15, 0.2) is 9.59 Å². The molecule has 0 spiro atoms. The second-order valence-electron chi connectivity index (χ2n) is 5.19. The van der Waals surface area contributed by atoms with Crippen LogP contribution in [0.25, 0.3) is 0 Å². The lowest BCUT2D eigenvalue weighted by molar-refractivity contribution is 0.494. The van der Waals surface area contributed by atoms with Gasteiger partial charge in [0.25, 0.3) is 5.56 Å². The minimum Gasteiger partial charge on any atom is -0.383 e. The molecule has 0 saturated heterocycles. The molecule has 0 unspecified atom stereocenters. The van der Waals surface area contributed by atoms with Crippen molar-refractivity contribution in [1.82, 2.24) is 9.13 Å². The Balaban J connectivity index is 3.27. The monoisotopic (exact) mass is 268 g/mol. The van der Waals surface area contributed by atoms with Crippen molar-refractivity contribution < 1.29 is 0 Å². The van der Waals surface area contributed by atoms with Gasteiger partial charge in [-0.05, 0) is 12.3 Å². The summed E-state index contributed by atoms with van der Waals surface area (Å²) >= 11 is 0. The zero-order chi connectivity index (χ0) is 14.6. The van der Waals surface area contributed by atoms with Gasteiger partial charge < -0.3 is 11.1 Å². The zero-order valence-electron chi connectivity index (χ0n) is 12.2. The lowest BCUT2D eigenvalue weighted by Gasteiger charge is -2.17. The molecular formula is C13H24N4O2. The Morgan fingerprint density at radius 3 is 2.47 bits per heavy atom. The second kappa shape index (κ2) is 6.45. The van der Waals surface area contributed by atoms with Crippen LogP contribution in [-0.4, -0.2) is 15.7 Å². The topological polar surface area (TPSA) is 82.0 Å². The maximum atomic E-state index is 12.0. The summed E-state index contributed by atoms with van der Waals surface area (Å²) in [5, 5.41) is 3.05. The first-order valence-corrected chi connectivity index (χ1v) is 6.73. The van der Waals surface area contributed by atoms with E-state index in [9.17, 15) is 9.59 Å². The van der Waals surface area contributed by atoms with Crippen molar-refractivity contribution in [2.45, 2.75) is 40.2 Å². The van der Waals surface area contributed by atoms with E-state index < -0.39 is 0 Å². The molecule has 1 aromatic rings. The van der Waals surface area contributed by atoms with E-state index in [0.717, 1.165) is 17.4 Å². The maximum absolute atomic E-state index is 12.0. The van der Waals surface area contributed by atoms with Crippen LogP contribution in [0.4, 0.5) is 11.5 Å². The number of anilines is 2. The van der Waals surface area contributed by atoms with Gasteiger partial charge in [-0.2, -0.15) is 0 Å². The smallest absolute Gasteiger partial charge is 0.332 e. The average molecular weight is 268 g/mol. The molecule has 1 rings (SSSR count). The van der Waals surface area contributed by atoms with Crippen LogP contribution in [-0.2, 0) is 13.6 Å². The molecule has 0 bridgehead atoms. The molecule has 6 heteroatoms. The number of nitrogens with zero attached hydrogens (tertiary/aromatic N) is 2. The van der Waals surface area contributed by atoms with Gasteiger partial charge in [-0.25, -0.2) is 4.79 Å². The Hall–Kier alpha value is -1.72. The van der Waals surface area contributed by atoms with Crippen LogP contribution >= 0.6 is 0 Å². The van der Waals surface area contributed by atoms with Crippen molar-refractivity contribution in [1.29, 1.82) is 0 Å². The normalized spacial score (nSPS) is 11.0. The molecule has 0 fully saturated rings. The third-order valence-corrected chi connectivity index (χ3v) is 2.96. The van der Waals surface area contributed by atoms with E-state index in [2.05, 4.69) is 12.2 Å². The number of unbranched alkanes of at least 4 members (excludes halogenated alkanes) is 1. The van der Waals surface area contributed by atoms with Crippen molar-refractivity contribution in [3.63, 3.8) is 0 Å². The van der Waals surface area contributed by atoms with E-state index >= 15 is 0 Å². The number of nitrogens with two attached hydrogens (primary N) is 1. The van der Waals surface area contributed by atoms with Crippen molar-refractivity contribution >= 4 is 11.5 Å². The quantitative estimate of drug-likeness (QED) is 0.754. The number of aromatic nitrogens is 2. The molecule has 0 aromatic carbocycles. The fourth-order valence-corrected chi connectivity index (χ4v) is 1.88. The molecule has 6 nitrogen and oxygen atoms in total. The van der Waals surface area contributed by atoms with Crippen LogP contribution in [0.3, 0.4) is 0 Å². The highest BCUT2D eigenvalue weighted by Gasteiger charge is 2.15. The lowest BCUT2D eigenvalue weighted by Crippen LogP contribution is -2.41. The minimum absolute atomic E-state index is 0.234.